The van der Waals surface area contributed by atoms with E-state index in [1.807, 2.05) is 6.07 Å². The van der Waals surface area contributed by atoms with Gasteiger partial charge in [0.2, 0.25) is 0 Å². The Hall–Kier alpha value is -1.10. The van der Waals surface area contributed by atoms with Crippen molar-refractivity contribution in [3.05, 3.63) is 29.3 Å². The number of benzene rings is 1. The molecule has 0 spiro atoms. The first kappa shape index (κ1) is 15.3. The van der Waals surface area contributed by atoms with Gasteiger partial charge < -0.3 is 19.5 Å². The fourth-order valence-electron chi connectivity index (χ4n) is 1.99. The third-order valence-corrected chi connectivity index (χ3v) is 3.36. The first-order valence-corrected chi connectivity index (χ1v) is 7.29. The van der Waals surface area contributed by atoms with Crippen LogP contribution in [0, 0.1) is 12.8 Å². The first-order chi connectivity index (χ1) is 9.79. The zero-order valence-corrected chi connectivity index (χ0v) is 12.5. The van der Waals surface area contributed by atoms with E-state index < -0.39 is 0 Å². The van der Waals surface area contributed by atoms with E-state index >= 15 is 0 Å². The maximum Gasteiger partial charge on any atom is 0.189 e. The van der Waals surface area contributed by atoms with Crippen molar-refractivity contribution in [2.75, 3.05) is 33.7 Å². The Labute approximate surface area is 121 Å². The molecular formula is C16H25NO3. The quantitative estimate of drug-likeness (QED) is 0.527. The van der Waals surface area contributed by atoms with Crippen LogP contribution in [0.25, 0.3) is 0 Å². The maximum absolute atomic E-state index is 5.73. The number of hydrogen-bond acceptors (Lipinski definition) is 4. The molecule has 1 aliphatic carbocycles. The number of hydrogen-bond donors (Lipinski definition) is 1. The molecule has 0 heterocycles. The fraction of sp³-hybridized carbons (Fsp3) is 0.625. The Morgan fingerprint density at radius 3 is 2.90 bits per heavy atom. The molecule has 0 bridgehead atoms. The van der Waals surface area contributed by atoms with Gasteiger partial charge in [-0.1, -0.05) is 17.7 Å². The van der Waals surface area contributed by atoms with Crippen LogP contribution in [-0.2, 0) is 16.0 Å². The van der Waals surface area contributed by atoms with Crippen molar-refractivity contribution in [2.24, 2.45) is 5.92 Å². The Balaban J connectivity index is 1.78. The normalized spacial score (nSPS) is 14.5. The zero-order valence-electron chi connectivity index (χ0n) is 12.5. The highest BCUT2D eigenvalue weighted by Crippen LogP contribution is 2.28. The summed E-state index contributed by atoms with van der Waals surface area (Å²) < 4.78 is 16.3. The molecule has 0 saturated heterocycles. The Kier molecular flexibility index (Phi) is 6.30. The summed E-state index contributed by atoms with van der Waals surface area (Å²) in [7, 11) is 1.71. The second-order valence-electron chi connectivity index (χ2n) is 5.36. The summed E-state index contributed by atoms with van der Waals surface area (Å²) in [5.41, 5.74) is 2.40. The molecule has 0 unspecified atom stereocenters. The van der Waals surface area contributed by atoms with Gasteiger partial charge in [-0.2, -0.15) is 0 Å². The lowest BCUT2D eigenvalue weighted by atomic mass is 10.1. The van der Waals surface area contributed by atoms with Crippen molar-refractivity contribution in [1.82, 2.24) is 5.32 Å². The molecule has 1 N–H and O–H groups in total. The summed E-state index contributed by atoms with van der Waals surface area (Å²) in [4.78, 5) is 0. The minimum atomic E-state index is 0.338. The molecular weight excluding hydrogens is 254 g/mol. The van der Waals surface area contributed by atoms with E-state index in [-0.39, 0.29) is 0 Å². The van der Waals surface area contributed by atoms with Gasteiger partial charge in [0.25, 0.3) is 0 Å². The van der Waals surface area contributed by atoms with Crippen LogP contribution < -0.4 is 10.1 Å². The minimum absolute atomic E-state index is 0.338. The van der Waals surface area contributed by atoms with Crippen LogP contribution >= 0.6 is 0 Å². The average Bonchev–Trinajstić information content (AvgIpc) is 3.26. The highest BCUT2D eigenvalue weighted by molar-refractivity contribution is 5.36. The molecule has 1 fully saturated rings. The largest absolute Gasteiger partial charge is 0.467 e. The fourth-order valence-corrected chi connectivity index (χ4v) is 1.99. The Morgan fingerprint density at radius 1 is 1.30 bits per heavy atom. The molecule has 4 heteroatoms. The number of aryl methyl sites for hydroxylation is 1. The standard InChI is InChI=1S/C16H25NO3/c1-13-3-6-16(20-12-19-11-14-4-5-14)15(9-13)10-17-7-8-18-2/h3,6,9,14,17H,4-5,7-8,10-12H2,1-2H3. The van der Waals surface area contributed by atoms with E-state index in [1.54, 1.807) is 7.11 Å². The second kappa shape index (κ2) is 8.25. The summed E-state index contributed by atoms with van der Waals surface area (Å²) in [5.74, 6) is 1.67. The molecule has 112 valence electrons. The van der Waals surface area contributed by atoms with Gasteiger partial charge >= 0.3 is 0 Å². The number of nitrogens with one attached hydrogen (secondary N) is 1. The van der Waals surface area contributed by atoms with Gasteiger partial charge in [-0.25, -0.2) is 0 Å². The van der Waals surface area contributed by atoms with Crippen LogP contribution in [0.4, 0.5) is 0 Å². The summed E-state index contributed by atoms with van der Waals surface area (Å²) in [6.45, 7) is 5.58. The molecule has 1 aromatic carbocycles. The van der Waals surface area contributed by atoms with Gasteiger partial charge in [-0.15, -0.1) is 0 Å². The minimum Gasteiger partial charge on any atom is -0.467 e. The molecule has 0 atom stereocenters. The molecule has 0 amide bonds. The lowest BCUT2D eigenvalue weighted by molar-refractivity contribution is 0.00940. The molecule has 1 aliphatic rings. The topological polar surface area (TPSA) is 39.7 Å². The summed E-state index contributed by atoms with van der Waals surface area (Å²) in [6.07, 6.45) is 2.61. The van der Waals surface area contributed by atoms with Crippen LogP contribution in [0.5, 0.6) is 5.75 Å². The van der Waals surface area contributed by atoms with Crippen LogP contribution in [0.1, 0.15) is 24.0 Å². The maximum atomic E-state index is 5.73. The molecule has 4 nitrogen and oxygen atoms in total. The molecule has 0 aromatic heterocycles. The second-order valence-corrected chi connectivity index (χ2v) is 5.36. The highest BCUT2D eigenvalue weighted by Gasteiger charge is 2.21. The summed E-state index contributed by atoms with van der Waals surface area (Å²) in [6, 6.07) is 6.23. The smallest absolute Gasteiger partial charge is 0.189 e. The Bertz CT molecular complexity index is 405. The number of rotatable bonds is 10. The average molecular weight is 279 g/mol. The van der Waals surface area contributed by atoms with Crippen LogP contribution in [0.15, 0.2) is 18.2 Å². The van der Waals surface area contributed by atoms with Gasteiger partial charge in [0.05, 0.1) is 13.2 Å². The van der Waals surface area contributed by atoms with E-state index in [4.69, 9.17) is 14.2 Å². The van der Waals surface area contributed by atoms with Gasteiger partial charge in [-0.05, 0) is 31.7 Å². The molecule has 2 rings (SSSR count). The molecule has 0 radical (unpaired) electrons. The third kappa shape index (κ3) is 5.49. The van der Waals surface area contributed by atoms with Crippen molar-refractivity contribution in [2.45, 2.75) is 26.3 Å². The predicted octanol–water partition coefficient (Wildman–Crippen LogP) is 2.49. The molecule has 1 saturated carbocycles. The van der Waals surface area contributed by atoms with Gasteiger partial charge in [0.1, 0.15) is 5.75 Å². The van der Waals surface area contributed by atoms with Crippen molar-refractivity contribution in [3.8, 4) is 5.75 Å². The summed E-state index contributed by atoms with van der Waals surface area (Å²) >= 11 is 0. The van der Waals surface area contributed by atoms with E-state index in [0.29, 0.717) is 13.4 Å². The van der Waals surface area contributed by atoms with Gasteiger partial charge in [-0.3, -0.25) is 0 Å². The van der Waals surface area contributed by atoms with E-state index in [1.165, 1.54) is 18.4 Å². The van der Waals surface area contributed by atoms with Crippen molar-refractivity contribution in [3.63, 3.8) is 0 Å². The molecule has 1 aromatic rings. The predicted molar refractivity (Wildman–Crippen MR) is 78.9 cm³/mol. The van der Waals surface area contributed by atoms with E-state index in [0.717, 1.165) is 36.9 Å². The first-order valence-electron chi connectivity index (χ1n) is 7.29. The molecule has 0 aliphatic heterocycles. The molecule has 20 heavy (non-hydrogen) atoms. The highest BCUT2D eigenvalue weighted by atomic mass is 16.7. The third-order valence-electron chi connectivity index (χ3n) is 3.36. The zero-order chi connectivity index (χ0) is 14.2. The Morgan fingerprint density at radius 2 is 2.15 bits per heavy atom. The lowest BCUT2D eigenvalue weighted by Gasteiger charge is -2.13. The van der Waals surface area contributed by atoms with Crippen LogP contribution in [0.3, 0.4) is 0 Å². The van der Waals surface area contributed by atoms with Crippen molar-refractivity contribution < 1.29 is 14.2 Å². The summed E-state index contributed by atoms with van der Waals surface area (Å²) in [5, 5.41) is 3.34. The van der Waals surface area contributed by atoms with Crippen LogP contribution in [-0.4, -0.2) is 33.7 Å². The van der Waals surface area contributed by atoms with Crippen molar-refractivity contribution >= 4 is 0 Å². The monoisotopic (exact) mass is 279 g/mol. The van der Waals surface area contributed by atoms with Crippen LogP contribution in [0.2, 0.25) is 0 Å². The van der Waals surface area contributed by atoms with Gasteiger partial charge in [0.15, 0.2) is 6.79 Å². The number of methoxy groups -OCH3 is 1. The SMILES string of the molecule is COCCNCc1cc(C)ccc1OCOCC1CC1. The lowest BCUT2D eigenvalue weighted by Crippen LogP contribution is -2.19. The van der Waals surface area contributed by atoms with E-state index in [2.05, 4.69) is 24.4 Å². The van der Waals surface area contributed by atoms with Crippen molar-refractivity contribution in [1.29, 1.82) is 0 Å². The van der Waals surface area contributed by atoms with Gasteiger partial charge in [0, 0.05) is 25.8 Å². The number of ether oxygens (including phenoxy) is 3. The van der Waals surface area contributed by atoms with E-state index in [9.17, 15) is 0 Å².